The second-order valence-electron chi connectivity index (χ2n) is 21.6. The van der Waals surface area contributed by atoms with Crippen molar-refractivity contribution < 1.29 is 12.0 Å². The van der Waals surface area contributed by atoms with Crippen LogP contribution in [-0.2, 0) is 16.2 Å². The molecular formula is C64H65N3O. The van der Waals surface area contributed by atoms with Gasteiger partial charge in [0.05, 0.1) is 34.8 Å². The molecule has 4 nitrogen and oxygen atoms in total. The second-order valence-corrected chi connectivity index (χ2v) is 21.6. The van der Waals surface area contributed by atoms with Gasteiger partial charge in [-0.1, -0.05) is 185 Å². The van der Waals surface area contributed by atoms with E-state index in [-0.39, 0.29) is 57.6 Å². The number of rotatable bonds is 8. The molecule has 0 bridgehead atoms. The number of phenols is 1. The van der Waals surface area contributed by atoms with Crippen LogP contribution in [-0.4, -0.2) is 19.6 Å². The quantitative estimate of drug-likeness (QED) is 0.165. The van der Waals surface area contributed by atoms with Gasteiger partial charge in [-0.3, -0.25) is 9.55 Å². The summed E-state index contributed by atoms with van der Waals surface area (Å²) in [5.74, 6) is 1.12. The molecule has 9 rings (SSSR count). The zero-order valence-electron chi connectivity index (χ0n) is 46.6. The Balaban J connectivity index is 1.31. The summed E-state index contributed by atoms with van der Waals surface area (Å²) in [6.45, 7) is 26.2. The van der Waals surface area contributed by atoms with Gasteiger partial charge in [0.1, 0.15) is 11.6 Å². The Bertz CT molecular complexity index is 3600. The Hall–Kier alpha value is -7.04. The van der Waals surface area contributed by atoms with Crippen LogP contribution in [0, 0.1) is 6.92 Å². The Morgan fingerprint density at radius 3 is 1.91 bits per heavy atom. The number of aromatic hydroxyl groups is 1. The molecule has 342 valence electrons. The lowest BCUT2D eigenvalue weighted by Crippen LogP contribution is -2.17. The van der Waals surface area contributed by atoms with Crippen LogP contribution in [0.4, 0.5) is 0 Å². The van der Waals surface area contributed by atoms with Gasteiger partial charge in [-0.2, -0.15) is 0 Å². The molecule has 0 saturated heterocycles. The van der Waals surface area contributed by atoms with E-state index in [2.05, 4.69) is 203 Å². The van der Waals surface area contributed by atoms with E-state index in [4.69, 9.17) is 16.8 Å². The monoisotopic (exact) mass is 897 g/mol. The molecule has 0 aliphatic carbocycles. The number of aryl methyl sites for hydroxylation is 1. The Labute approximate surface area is 411 Å². The number of phenolic OH excluding ortho intramolecular Hbond substituents is 1. The summed E-state index contributed by atoms with van der Waals surface area (Å²) in [5, 5.41) is 12.6. The molecule has 0 saturated carbocycles. The van der Waals surface area contributed by atoms with Gasteiger partial charge in [0, 0.05) is 22.9 Å². The molecule has 68 heavy (non-hydrogen) atoms. The fourth-order valence-electron chi connectivity index (χ4n) is 9.36. The van der Waals surface area contributed by atoms with Crippen molar-refractivity contribution in [3.8, 4) is 78.6 Å². The Kier molecular flexibility index (Phi) is 10.3. The maximum Gasteiger partial charge on any atom is 0.149 e. The lowest BCUT2D eigenvalue weighted by molar-refractivity contribution is 0.446. The van der Waals surface area contributed by atoms with Crippen molar-refractivity contribution in [2.24, 2.45) is 0 Å². The predicted molar refractivity (Wildman–Crippen MR) is 288 cm³/mol. The highest BCUT2D eigenvalue weighted by Crippen LogP contribution is 2.46. The van der Waals surface area contributed by atoms with Crippen LogP contribution in [0.3, 0.4) is 0 Å². The van der Waals surface area contributed by atoms with E-state index in [0.717, 1.165) is 66.8 Å². The van der Waals surface area contributed by atoms with Gasteiger partial charge in [-0.25, -0.2) is 4.98 Å². The summed E-state index contributed by atoms with van der Waals surface area (Å²) in [7, 11) is 0. The average molecular weight is 897 g/mol. The van der Waals surface area contributed by atoms with E-state index in [1.165, 1.54) is 16.7 Å². The molecule has 0 unspecified atom stereocenters. The van der Waals surface area contributed by atoms with Crippen molar-refractivity contribution in [3.05, 3.63) is 192 Å². The summed E-state index contributed by atoms with van der Waals surface area (Å²) in [4.78, 5) is 10.5. The molecule has 2 aromatic heterocycles. The lowest BCUT2D eigenvalue weighted by Gasteiger charge is -2.27. The Morgan fingerprint density at radius 2 is 1.24 bits per heavy atom. The largest absolute Gasteiger partial charge is 0.507 e. The van der Waals surface area contributed by atoms with E-state index >= 15 is 0 Å². The minimum Gasteiger partial charge on any atom is -0.507 e. The number of hydrogen-bond donors (Lipinski definition) is 1. The molecule has 4 heteroatoms. The van der Waals surface area contributed by atoms with Crippen LogP contribution >= 0.6 is 0 Å². The normalized spacial score (nSPS) is 13.3. The van der Waals surface area contributed by atoms with Crippen molar-refractivity contribution in [1.29, 1.82) is 0 Å². The highest BCUT2D eigenvalue weighted by Gasteiger charge is 2.29. The molecule has 0 fully saturated rings. The van der Waals surface area contributed by atoms with Crippen molar-refractivity contribution >= 4 is 11.0 Å². The molecule has 0 atom stereocenters. The fourth-order valence-corrected chi connectivity index (χ4v) is 9.36. The molecule has 0 amide bonds. The van der Waals surface area contributed by atoms with Crippen molar-refractivity contribution in [2.45, 2.75) is 105 Å². The summed E-state index contributed by atoms with van der Waals surface area (Å²) < 4.78 is 44.6. The zero-order valence-corrected chi connectivity index (χ0v) is 41.6. The van der Waals surface area contributed by atoms with Crippen molar-refractivity contribution in [3.63, 3.8) is 0 Å². The van der Waals surface area contributed by atoms with E-state index < -0.39 is 6.04 Å². The van der Waals surface area contributed by atoms with Gasteiger partial charge in [-0.15, -0.1) is 0 Å². The maximum atomic E-state index is 12.6. The second kappa shape index (κ2) is 17.6. The van der Waals surface area contributed by atoms with Gasteiger partial charge in [0.2, 0.25) is 0 Å². The first kappa shape index (κ1) is 40.1. The van der Waals surface area contributed by atoms with Crippen LogP contribution in [0.2, 0.25) is 0 Å². The summed E-state index contributed by atoms with van der Waals surface area (Å²) in [6.07, 6.45) is 1.63. The van der Waals surface area contributed by atoms with Gasteiger partial charge in [0.15, 0.2) is 0 Å². The van der Waals surface area contributed by atoms with E-state index in [9.17, 15) is 5.11 Å². The predicted octanol–water partition coefficient (Wildman–Crippen LogP) is 17.5. The molecule has 0 aliphatic rings. The number of hydrogen-bond acceptors (Lipinski definition) is 3. The first-order valence-corrected chi connectivity index (χ1v) is 23.7. The van der Waals surface area contributed by atoms with Gasteiger partial charge in [-0.05, 0) is 139 Å². The van der Waals surface area contributed by atoms with Gasteiger partial charge in [0.25, 0.3) is 0 Å². The van der Waals surface area contributed by atoms with Crippen molar-refractivity contribution in [2.75, 3.05) is 0 Å². The average Bonchev–Trinajstić information content (AvgIpc) is 3.73. The molecule has 0 radical (unpaired) electrons. The third kappa shape index (κ3) is 8.81. The highest BCUT2D eigenvalue weighted by atomic mass is 16.3. The highest BCUT2D eigenvalue weighted by molar-refractivity contribution is 5.97. The van der Waals surface area contributed by atoms with E-state index in [1.54, 1.807) is 18.3 Å². The lowest BCUT2D eigenvalue weighted by atomic mass is 9.79. The van der Waals surface area contributed by atoms with Crippen LogP contribution in [0.25, 0.3) is 83.9 Å². The molecule has 1 N–H and O–H groups in total. The van der Waals surface area contributed by atoms with Crippen LogP contribution < -0.4 is 0 Å². The fraction of sp³-hybridized carbons (Fsp3) is 0.250. The number of aromatic nitrogens is 3. The third-order valence-electron chi connectivity index (χ3n) is 13.2. The molecular weight excluding hydrogens is 827 g/mol. The minimum absolute atomic E-state index is 0.127. The number of imidazole rings is 1. The molecule has 2 heterocycles. The van der Waals surface area contributed by atoms with E-state index in [1.807, 2.05) is 0 Å². The van der Waals surface area contributed by atoms with E-state index in [0.29, 0.717) is 22.6 Å². The minimum atomic E-state index is -0.431. The van der Waals surface area contributed by atoms with Crippen molar-refractivity contribution in [1.82, 2.24) is 14.5 Å². The van der Waals surface area contributed by atoms with Gasteiger partial charge < -0.3 is 5.11 Å². The van der Waals surface area contributed by atoms with Crippen LogP contribution in [0.5, 0.6) is 5.75 Å². The molecule has 0 aliphatic heterocycles. The standard InChI is InChI=1S/C64H65N3O/c1-40(2)50-25-19-26-51(43-23-17-14-18-24-43)58(50)45-29-30-56(41(3)33-45)67-57-28-20-27-52(59(57)66-61(67)53-38-49(63(7,8)9)39-54(60(53)68)64(10,11)12)46-34-47(36-48(35-46)62(4,5)6)55-37-44(31-32-65-55)42-21-15-13-16-22-42/h13-40,68H,1-12H3/i13D,15D,16D,21D,22D. The molecule has 9 aromatic rings. The summed E-state index contributed by atoms with van der Waals surface area (Å²) in [6, 6.07) is 42.7. The molecule has 7 aromatic carbocycles. The first-order chi connectivity index (χ1) is 34.3. The Morgan fingerprint density at radius 1 is 0.559 bits per heavy atom. The summed E-state index contributed by atoms with van der Waals surface area (Å²) in [5.41, 5.74) is 16.1. The molecule has 0 spiro atoms. The topological polar surface area (TPSA) is 50.9 Å². The van der Waals surface area contributed by atoms with Crippen LogP contribution in [0.1, 0.15) is 117 Å². The number of benzene rings is 7. The number of pyridine rings is 1. The zero-order chi connectivity index (χ0) is 52.6. The number of fused-ring (bicyclic) bond motifs is 1. The van der Waals surface area contributed by atoms with Gasteiger partial charge >= 0.3 is 0 Å². The summed E-state index contributed by atoms with van der Waals surface area (Å²) >= 11 is 0. The van der Waals surface area contributed by atoms with Crippen LogP contribution in [0.15, 0.2) is 164 Å². The smallest absolute Gasteiger partial charge is 0.149 e. The first-order valence-electron chi connectivity index (χ1n) is 26.2. The SMILES string of the molecule is [2H]c1c([2H])c([2H])c(-c2ccnc(-c3cc(-c4cccc5c4nc(-c4cc(C(C)(C)C)cc(C(C)(C)C)c4O)n5-c4ccc(-c5c(-c6ccccc6)cccc5C(C)C)cc4C)cc(C(C)(C)C)c3)c2)c([2H])c1[2H]. The number of para-hydroxylation sites is 1. The maximum absolute atomic E-state index is 12.6. The number of nitrogens with zero attached hydrogens (tertiary/aromatic N) is 3. The third-order valence-corrected chi connectivity index (χ3v) is 13.2.